The molecule has 0 aliphatic rings. The van der Waals surface area contributed by atoms with Crippen LogP contribution in [0, 0.1) is 5.95 Å². The minimum atomic E-state index is -0.521. The van der Waals surface area contributed by atoms with E-state index in [0.717, 1.165) is 16.7 Å². The average Bonchev–Trinajstić information content (AvgIpc) is 2.39. The van der Waals surface area contributed by atoms with E-state index in [4.69, 9.17) is 4.74 Å². The fraction of sp³-hybridized carbons (Fsp3) is 0.154. The summed E-state index contributed by atoms with van der Waals surface area (Å²) in [5.74, 6) is 0.153. The highest BCUT2D eigenvalue weighted by Gasteiger charge is 2.06. The summed E-state index contributed by atoms with van der Waals surface area (Å²) in [7, 11) is 1.57. The number of rotatable bonds is 3. The van der Waals surface area contributed by atoms with Crippen molar-refractivity contribution >= 4 is 0 Å². The molecule has 1 N–H and O–H groups in total. The van der Waals surface area contributed by atoms with Gasteiger partial charge in [0.1, 0.15) is 5.75 Å². The Labute approximate surface area is 98.5 Å². The molecule has 0 bridgehead atoms. The van der Waals surface area contributed by atoms with Crippen LogP contribution in [-0.4, -0.2) is 17.2 Å². The van der Waals surface area contributed by atoms with Crippen LogP contribution in [0.1, 0.15) is 5.56 Å². The van der Waals surface area contributed by atoms with Gasteiger partial charge in [-0.2, -0.15) is 4.39 Å². The largest absolute Gasteiger partial charge is 0.497 e. The Balaban J connectivity index is 2.47. The highest BCUT2D eigenvalue weighted by atomic mass is 19.1. The van der Waals surface area contributed by atoms with Crippen molar-refractivity contribution in [2.45, 2.75) is 6.61 Å². The first-order valence-electron chi connectivity index (χ1n) is 5.14. The summed E-state index contributed by atoms with van der Waals surface area (Å²) in [6, 6.07) is 8.28. The number of hydrogen-bond donors (Lipinski definition) is 1. The van der Waals surface area contributed by atoms with Gasteiger partial charge >= 0.3 is 0 Å². The summed E-state index contributed by atoms with van der Waals surface area (Å²) >= 11 is 0. The van der Waals surface area contributed by atoms with Gasteiger partial charge in [0.15, 0.2) is 0 Å². The standard InChI is InChI=1S/C13H12FNO2/c1-17-11-3-4-12(10(6-11)8-16)9-2-5-13(14)15-7-9/h2-7,16H,8H2,1H3. The molecule has 88 valence electrons. The van der Waals surface area contributed by atoms with Crippen molar-refractivity contribution < 1.29 is 14.2 Å². The van der Waals surface area contributed by atoms with Gasteiger partial charge in [-0.15, -0.1) is 0 Å². The summed E-state index contributed by atoms with van der Waals surface area (Å²) in [6.45, 7) is -0.107. The summed E-state index contributed by atoms with van der Waals surface area (Å²) in [4.78, 5) is 3.59. The maximum Gasteiger partial charge on any atom is 0.212 e. The second-order valence-corrected chi connectivity index (χ2v) is 3.55. The van der Waals surface area contributed by atoms with Crippen LogP contribution in [0.4, 0.5) is 4.39 Å². The van der Waals surface area contributed by atoms with Crippen molar-refractivity contribution in [3.8, 4) is 16.9 Å². The Kier molecular flexibility index (Phi) is 3.35. The molecule has 4 heteroatoms. The summed E-state index contributed by atoms with van der Waals surface area (Å²) in [5.41, 5.74) is 2.30. The van der Waals surface area contributed by atoms with E-state index in [-0.39, 0.29) is 6.61 Å². The fourth-order valence-electron chi connectivity index (χ4n) is 1.64. The predicted molar refractivity (Wildman–Crippen MR) is 62.1 cm³/mol. The third-order valence-electron chi connectivity index (χ3n) is 2.52. The minimum Gasteiger partial charge on any atom is -0.497 e. The van der Waals surface area contributed by atoms with Gasteiger partial charge < -0.3 is 9.84 Å². The van der Waals surface area contributed by atoms with Crippen LogP contribution < -0.4 is 4.74 Å². The molecule has 1 heterocycles. The average molecular weight is 233 g/mol. The minimum absolute atomic E-state index is 0.107. The third kappa shape index (κ3) is 2.42. The highest BCUT2D eigenvalue weighted by Crippen LogP contribution is 2.27. The van der Waals surface area contributed by atoms with Crippen molar-refractivity contribution in [1.82, 2.24) is 4.98 Å². The predicted octanol–water partition coefficient (Wildman–Crippen LogP) is 2.39. The third-order valence-corrected chi connectivity index (χ3v) is 2.52. The zero-order valence-corrected chi connectivity index (χ0v) is 9.35. The topological polar surface area (TPSA) is 42.4 Å². The normalized spacial score (nSPS) is 10.3. The molecule has 2 rings (SSSR count). The van der Waals surface area contributed by atoms with E-state index in [1.807, 2.05) is 6.07 Å². The monoisotopic (exact) mass is 233 g/mol. The Hall–Kier alpha value is -1.94. The molecule has 0 saturated carbocycles. The number of ether oxygens (including phenoxy) is 1. The molecule has 0 saturated heterocycles. The van der Waals surface area contributed by atoms with Gasteiger partial charge in [0, 0.05) is 11.8 Å². The van der Waals surface area contributed by atoms with Gasteiger partial charge in [0.25, 0.3) is 0 Å². The summed E-state index contributed by atoms with van der Waals surface area (Å²) in [6.07, 6.45) is 1.44. The van der Waals surface area contributed by atoms with Gasteiger partial charge in [-0.05, 0) is 35.4 Å². The summed E-state index contributed by atoms with van der Waals surface area (Å²) < 4.78 is 17.8. The lowest BCUT2D eigenvalue weighted by Gasteiger charge is -2.09. The maximum absolute atomic E-state index is 12.7. The molecule has 0 unspecified atom stereocenters. The van der Waals surface area contributed by atoms with Crippen LogP contribution in [0.5, 0.6) is 5.75 Å². The van der Waals surface area contributed by atoms with Crippen LogP contribution in [0.3, 0.4) is 0 Å². The van der Waals surface area contributed by atoms with Crippen molar-refractivity contribution in [2.24, 2.45) is 0 Å². The van der Waals surface area contributed by atoms with Crippen molar-refractivity contribution in [3.63, 3.8) is 0 Å². The van der Waals surface area contributed by atoms with Gasteiger partial charge in [-0.1, -0.05) is 6.07 Å². The molecule has 17 heavy (non-hydrogen) atoms. The molecule has 0 amide bonds. The molecule has 2 aromatic rings. The maximum atomic E-state index is 12.7. The molecule has 0 spiro atoms. The van der Waals surface area contributed by atoms with Gasteiger partial charge in [0.05, 0.1) is 13.7 Å². The Morgan fingerprint density at radius 3 is 2.71 bits per heavy atom. The van der Waals surface area contributed by atoms with E-state index in [9.17, 15) is 9.50 Å². The SMILES string of the molecule is COc1ccc(-c2ccc(F)nc2)c(CO)c1. The number of hydrogen-bond acceptors (Lipinski definition) is 3. The zero-order chi connectivity index (χ0) is 12.3. The first-order chi connectivity index (χ1) is 8.24. The molecular weight excluding hydrogens is 221 g/mol. The van der Waals surface area contributed by atoms with Crippen LogP contribution in [0.2, 0.25) is 0 Å². The Morgan fingerprint density at radius 2 is 2.12 bits per heavy atom. The first-order valence-corrected chi connectivity index (χ1v) is 5.14. The quantitative estimate of drug-likeness (QED) is 0.828. The first kappa shape index (κ1) is 11.5. The molecular formula is C13H12FNO2. The lowest BCUT2D eigenvalue weighted by atomic mass is 10.0. The van der Waals surface area contributed by atoms with E-state index in [0.29, 0.717) is 5.75 Å². The van der Waals surface area contributed by atoms with Crippen LogP contribution in [0.25, 0.3) is 11.1 Å². The van der Waals surface area contributed by atoms with Gasteiger partial charge in [0.2, 0.25) is 5.95 Å². The second-order valence-electron chi connectivity index (χ2n) is 3.55. The smallest absolute Gasteiger partial charge is 0.212 e. The fourth-order valence-corrected chi connectivity index (χ4v) is 1.64. The molecule has 0 aliphatic carbocycles. The van der Waals surface area contributed by atoms with Crippen molar-refractivity contribution in [2.75, 3.05) is 7.11 Å². The van der Waals surface area contributed by atoms with Crippen molar-refractivity contribution in [1.29, 1.82) is 0 Å². The van der Waals surface area contributed by atoms with E-state index in [2.05, 4.69) is 4.98 Å². The number of aliphatic hydroxyl groups is 1. The Morgan fingerprint density at radius 1 is 1.29 bits per heavy atom. The molecule has 1 aromatic carbocycles. The van der Waals surface area contributed by atoms with Gasteiger partial charge in [-0.3, -0.25) is 0 Å². The van der Waals surface area contributed by atoms with E-state index >= 15 is 0 Å². The molecule has 0 radical (unpaired) electrons. The number of nitrogens with zero attached hydrogens (tertiary/aromatic N) is 1. The lowest BCUT2D eigenvalue weighted by Crippen LogP contribution is -1.93. The van der Waals surface area contributed by atoms with Crippen LogP contribution in [0.15, 0.2) is 36.5 Å². The molecule has 1 aromatic heterocycles. The number of aliphatic hydroxyl groups excluding tert-OH is 1. The Bertz CT molecular complexity index is 511. The highest BCUT2D eigenvalue weighted by molar-refractivity contribution is 5.67. The number of halogens is 1. The number of methoxy groups -OCH3 is 1. The number of pyridine rings is 1. The molecule has 0 atom stereocenters. The van der Waals surface area contributed by atoms with Crippen LogP contribution >= 0.6 is 0 Å². The van der Waals surface area contributed by atoms with Gasteiger partial charge in [-0.25, -0.2) is 4.98 Å². The molecule has 3 nitrogen and oxygen atoms in total. The number of benzene rings is 1. The van der Waals surface area contributed by atoms with E-state index in [1.54, 1.807) is 25.3 Å². The van der Waals surface area contributed by atoms with E-state index < -0.39 is 5.95 Å². The van der Waals surface area contributed by atoms with E-state index in [1.165, 1.54) is 12.3 Å². The zero-order valence-electron chi connectivity index (χ0n) is 9.35. The molecule has 0 aliphatic heterocycles. The number of aromatic nitrogens is 1. The van der Waals surface area contributed by atoms with Crippen LogP contribution in [-0.2, 0) is 6.61 Å². The molecule has 0 fully saturated rings. The second kappa shape index (κ2) is 4.93. The summed E-state index contributed by atoms with van der Waals surface area (Å²) in [5, 5.41) is 9.30. The van der Waals surface area contributed by atoms with Crippen molar-refractivity contribution in [3.05, 3.63) is 48.0 Å². The lowest BCUT2D eigenvalue weighted by molar-refractivity contribution is 0.281.